The Hall–Kier alpha value is 0.760. The van der Waals surface area contributed by atoms with Crippen molar-refractivity contribution in [1.82, 2.24) is 0 Å². The number of thiophene rings is 1. The van der Waals surface area contributed by atoms with Crippen molar-refractivity contribution in [3.8, 4) is 0 Å². The monoisotopic (exact) mass is 340 g/mol. The summed E-state index contributed by atoms with van der Waals surface area (Å²) in [6.45, 7) is 0. The molecule has 16 heavy (non-hydrogen) atoms. The SMILES string of the molecule is Clc1sc(C(Cl)C2CCCCCC2)cc1Br. The molecular formula is C12H15BrCl2S. The number of hydrogen-bond donors (Lipinski definition) is 0. The van der Waals surface area contributed by atoms with Crippen LogP contribution in [0, 0.1) is 5.92 Å². The fraction of sp³-hybridized carbons (Fsp3) is 0.667. The molecule has 4 heteroatoms. The largest absolute Gasteiger partial charge is 0.126 e. The molecular weight excluding hydrogens is 327 g/mol. The van der Waals surface area contributed by atoms with E-state index in [0.717, 1.165) is 8.81 Å². The van der Waals surface area contributed by atoms with Crippen molar-refractivity contribution in [3.63, 3.8) is 0 Å². The Morgan fingerprint density at radius 1 is 1.25 bits per heavy atom. The van der Waals surface area contributed by atoms with Crippen LogP contribution in [0.1, 0.15) is 48.8 Å². The van der Waals surface area contributed by atoms with Gasteiger partial charge in [0.1, 0.15) is 4.34 Å². The molecule has 1 aliphatic rings. The Morgan fingerprint density at radius 2 is 1.88 bits per heavy atom. The van der Waals surface area contributed by atoms with E-state index in [1.54, 1.807) is 11.3 Å². The van der Waals surface area contributed by atoms with Crippen LogP contribution in [0.15, 0.2) is 10.5 Å². The minimum Gasteiger partial charge on any atom is -0.126 e. The first-order valence-electron chi connectivity index (χ1n) is 5.77. The average molecular weight is 342 g/mol. The van der Waals surface area contributed by atoms with Crippen LogP contribution in [-0.4, -0.2) is 0 Å². The number of rotatable bonds is 2. The third-order valence-corrected chi connectivity index (χ3v) is 6.53. The smallest absolute Gasteiger partial charge is 0.107 e. The van der Waals surface area contributed by atoms with E-state index >= 15 is 0 Å². The van der Waals surface area contributed by atoms with E-state index < -0.39 is 0 Å². The molecule has 1 fully saturated rings. The highest BCUT2D eigenvalue weighted by atomic mass is 79.9. The summed E-state index contributed by atoms with van der Waals surface area (Å²) >= 11 is 17.7. The van der Waals surface area contributed by atoms with Gasteiger partial charge in [-0.1, -0.05) is 37.3 Å². The highest BCUT2D eigenvalue weighted by Gasteiger charge is 2.24. The van der Waals surface area contributed by atoms with Crippen molar-refractivity contribution in [1.29, 1.82) is 0 Å². The minimum atomic E-state index is 0.145. The molecule has 0 aliphatic heterocycles. The summed E-state index contributed by atoms with van der Waals surface area (Å²) in [6.07, 6.45) is 7.93. The molecule has 90 valence electrons. The van der Waals surface area contributed by atoms with Crippen molar-refractivity contribution in [2.24, 2.45) is 5.92 Å². The molecule has 1 atom stereocenters. The Labute approximate surface area is 119 Å². The van der Waals surface area contributed by atoms with E-state index in [9.17, 15) is 0 Å². The van der Waals surface area contributed by atoms with Crippen LogP contribution < -0.4 is 0 Å². The van der Waals surface area contributed by atoms with Gasteiger partial charge in [0.05, 0.1) is 5.38 Å². The molecule has 0 saturated heterocycles. The second kappa shape index (κ2) is 6.08. The zero-order valence-electron chi connectivity index (χ0n) is 9.02. The zero-order chi connectivity index (χ0) is 11.5. The fourth-order valence-corrected chi connectivity index (χ4v) is 4.59. The molecule has 1 aromatic rings. The highest BCUT2D eigenvalue weighted by Crippen LogP contribution is 2.44. The molecule has 1 heterocycles. The maximum Gasteiger partial charge on any atom is 0.107 e. The predicted molar refractivity (Wildman–Crippen MR) is 76.8 cm³/mol. The fourth-order valence-electron chi connectivity index (χ4n) is 2.34. The van der Waals surface area contributed by atoms with Gasteiger partial charge >= 0.3 is 0 Å². The van der Waals surface area contributed by atoms with Crippen molar-refractivity contribution in [2.45, 2.75) is 43.9 Å². The van der Waals surface area contributed by atoms with E-state index in [1.165, 1.54) is 43.4 Å². The molecule has 0 spiro atoms. The van der Waals surface area contributed by atoms with Gasteiger partial charge in [-0.15, -0.1) is 22.9 Å². The molecule has 0 aromatic carbocycles. The molecule has 0 N–H and O–H groups in total. The van der Waals surface area contributed by atoms with E-state index in [1.807, 2.05) is 0 Å². The van der Waals surface area contributed by atoms with Crippen molar-refractivity contribution >= 4 is 50.5 Å². The van der Waals surface area contributed by atoms with Gasteiger partial charge < -0.3 is 0 Å². The molecule has 1 aromatic heterocycles. The summed E-state index contributed by atoms with van der Waals surface area (Å²) < 4.78 is 1.79. The van der Waals surface area contributed by atoms with Crippen molar-refractivity contribution in [3.05, 3.63) is 19.8 Å². The summed E-state index contributed by atoms with van der Waals surface area (Å²) in [7, 11) is 0. The molecule has 1 aliphatic carbocycles. The second-order valence-corrected chi connectivity index (χ2v) is 7.43. The molecule has 0 bridgehead atoms. The summed E-state index contributed by atoms with van der Waals surface area (Å²) in [4.78, 5) is 1.21. The van der Waals surface area contributed by atoms with Crippen molar-refractivity contribution in [2.75, 3.05) is 0 Å². The molecule has 0 nitrogen and oxygen atoms in total. The van der Waals surface area contributed by atoms with Crippen LogP contribution in [0.25, 0.3) is 0 Å². The number of halogens is 3. The van der Waals surface area contributed by atoms with Gasteiger partial charge in [0, 0.05) is 9.35 Å². The highest BCUT2D eigenvalue weighted by molar-refractivity contribution is 9.10. The van der Waals surface area contributed by atoms with Crippen LogP contribution in [0.4, 0.5) is 0 Å². The third-order valence-electron chi connectivity index (χ3n) is 3.25. The van der Waals surface area contributed by atoms with Gasteiger partial charge in [-0.25, -0.2) is 0 Å². The molecule has 1 saturated carbocycles. The lowest BCUT2D eigenvalue weighted by molar-refractivity contribution is 0.448. The van der Waals surface area contributed by atoms with Crippen LogP contribution in [0.2, 0.25) is 4.34 Å². The first-order chi connectivity index (χ1) is 7.68. The third kappa shape index (κ3) is 3.16. The quantitative estimate of drug-likeness (QED) is 0.430. The lowest BCUT2D eigenvalue weighted by atomic mass is 9.95. The van der Waals surface area contributed by atoms with Gasteiger partial charge in [-0.05, 0) is 40.8 Å². The van der Waals surface area contributed by atoms with E-state index in [-0.39, 0.29) is 5.38 Å². The Bertz CT molecular complexity index is 323. The minimum absolute atomic E-state index is 0.145. The summed E-state index contributed by atoms with van der Waals surface area (Å²) in [5, 5.41) is 0.145. The lowest BCUT2D eigenvalue weighted by Crippen LogP contribution is -2.05. The first kappa shape index (κ1) is 13.2. The Morgan fingerprint density at radius 3 is 2.38 bits per heavy atom. The van der Waals surface area contributed by atoms with Crippen molar-refractivity contribution < 1.29 is 0 Å². The van der Waals surface area contributed by atoms with E-state index in [2.05, 4.69) is 22.0 Å². The number of alkyl halides is 1. The zero-order valence-corrected chi connectivity index (χ0v) is 12.9. The molecule has 1 unspecified atom stereocenters. The summed E-state index contributed by atoms with van der Waals surface area (Å²) in [5.41, 5.74) is 0. The van der Waals surface area contributed by atoms with Gasteiger partial charge in [0.25, 0.3) is 0 Å². The lowest BCUT2D eigenvalue weighted by Gasteiger charge is -2.19. The van der Waals surface area contributed by atoms with Gasteiger partial charge in [0.15, 0.2) is 0 Å². The van der Waals surface area contributed by atoms with E-state index in [0.29, 0.717) is 5.92 Å². The number of hydrogen-bond acceptors (Lipinski definition) is 1. The van der Waals surface area contributed by atoms with Gasteiger partial charge in [-0.2, -0.15) is 0 Å². The van der Waals surface area contributed by atoms with E-state index in [4.69, 9.17) is 23.2 Å². The standard InChI is InChI=1S/C12H15BrCl2S/c13-9-7-10(16-12(9)15)11(14)8-5-3-1-2-4-6-8/h7-8,11H,1-6H2. The topological polar surface area (TPSA) is 0 Å². The van der Waals surface area contributed by atoms with Crippen LogP contribution in [-0.2, 0) is 0 Å². The Balaban J connectivity index is 2.07. The predicted octanol–water partition coefficient (Wildman–Crippen LogP) is 6.41. The maximum absolute atomic E-state index is 6.57. The summed E-state index contributed by atoms with van der Waals surface area (Å²) in [5.74, 6) is 0.630. The van der Waals surface area contributed by atoms with Gasteiger partial charge in [-0.3, -0.25) is 0 Å². The molecule has 2 rings (SSSR count). The second-order valence-electron chi connectivity index (χ2n) is 4.42. The molecule has 0 radical (unpaired) electrons. The van der Waals surface area contributed by atoms with Crippen LogP contribution in [0.5, 0.6) is 0 Å². The maximum atomic E-state index is 6.57. The summed E-state index contributed by atoms with van der Waals surface area (Å²) in [6, 6.07) is 2.08. The Kier molecular flexibility index (Phi) is 5.02. The van der Waals surface area contributed by atoms with Crippen LogP contribution in [0.3, 0.4) is 0 Å². The van der Waals surface area contributed by atoms with Gasteiger partial charge in [0.2, 0.25) is 0 Å². The first-order valence-corrected chi connectivity index (χ1v) is 8.19. The average Bonchev–Trinajstić information content (AvgIpc) is 2.51. The van der Waals surface area contributed by atoms with Crippen LogP contribution >= 0.6 is 50.5 Å². The molecule has 0 amide bonds. The normalized spacial score (nSPS) is 20.7.